The van der Waals surface area contributed by atoms with Gasteiger partial charge in [-0.1, -0.05) is 32.6 Å². The first-order chi connectivity index (χ1) is 9.61. The van der Waals surface area contributed by atoms with Gasteiger partial charge in [-0.3, -0.25) is 0 Å². The number of rotatable bonds is 10. The van der Waals surface area contributed by atoms with E-state index in [-0.39, 0.29) is 6.04 Å². The number of piperidine rings is 1. The van der Waals surface area contributed by atoms with Gasteiger partial charge in [-0.15, -0.1) is 0 Å². The van der Waals surface area contributed by atoms with Crippen molar-refractivity contribution in [2.75, 3.05) is 19.6 Å². The zero-order valence-corrected chi connectivity index (χ0v) is 13.1. The molecule has 1 atom stereocenters. The lowest BCUT2D eigenvalue weighted by Gasteiger charge is -2.32. The number of unbranched alkanes of at least 4 members (excludes halogenated alkanes) is 1. The summed E-state index contributed by atoms with van der Waals surface area (Å²) in [5.74, 6) is 0.954. The normalized spacial score (nSPS) is 19.2. The molecule has 1 aliphatic rings. The monoisotopic (exact) mass is 284 g/mol. The van der Waals surface area contributed by atoms with E-state index in [1.165, 1.54) is 38.8 Å². The van der Waals surface area contributed by atoms with Crippen LogP contribution in [0.3, 0.4) is 0 Å². The molecule has 1 aliphatic heterocycles. The topological polar surface area (TPSA) is 69.7 Å². The lowest BCUT2D eigenvalue weighted by Crippen LogP contribution is -2.36. The molecule has 20 heavy (non-hydrogen) atoms. The smallest absolute Gasteiger partial charge is 0.427 e. The van der Waals surface area contributed by atoms with E-state index in [4.69, 9.17) is 15.8 Å². The van der Waals surface area contributed by atoms with Gasteiger partial charge in [0.2, 0.25) is 0 Å². The zero-order valence-electron chi connectivity index (χ0n) is 13.1. The van der Waals surface area contributed by atoms with Gasteiger partial charge in [0.25, 0.3) is 0 Å². The van der Waals surface area contributed by atoms with Crippen LogP contribution < -0.4 is 5.73 Å². The predicted molar refractivity (Wildman–Crippen MR) is 85.5 cm³/mol. The summed E-state index contributed by atoms with van der Waals surface area (Å²) in [4.78, 5) is 2.56. The Kier molecular flexibility index (Phi) is 9.52. The van der Waals surface area contributed by atoms with E-state index in [1.54, 1.807) is 0 Å². The van der Waals surface area contributed by atoms with Crippen molar-refractivity contribution < 1.29 is 10.0 Å². The SMILES string of the molecule is CCCC1CCN(CCC(N)CCCCB(O)O)CC1. The highest BCUT2D eigenvalue weighted by atomic mass is 16.4. The summed E-state index contributed by atoms with van der Waals surface area (Å²) in [6.07, 6.45) is 9.82. The van der Waals surface area contributed by atoms with Gasteiger partial charge in [0.05, 0.1) is 0 Å². The summed E-state index contributed by atoms with van der Waals surface area (Å²) in [5.41, 5.74) is 6.13. The molecule has 0 aromatic carbocycles. The number of hydrogen-bond acceptors (Lipinski definition) is 4. The van der Waals surface area contributed by atoms with E-state index in [1.807, 2.05) is 0 Å². The predicted octanol–water partition coefficient (Wildman–Crippen LogP) is 1.86. The minimum absolute atomic E-state index is 0.263. The van der Waals surface area contributed by atoms with Crippen molar-refractivity contribution in [2.45, 2.75) is 70.7 Å². The molecule has 0 aliphatic carbocycles. The van der Waals surface area contributed by atoms with Gasteiger partial charge in [0.1, 0.15) is 0 Å². The molecule has 1 fully saturated rings. The van der Waals surface area contributed by atoms with Gasteiger partial charge in [0.15, 0.2) is 0 Å². The number of likely N-dealkylation sites (tertiary alicyclic amines) is 1. The van der Waals surface area contributed by atoms with E-state index < -0.39 is 7.12 Å². The lowest BCUT2D eigenvalue weighted by molar-refractivity contribution is 0.173. The molecule has 4 N–H and O–H groups in total. The molecule has 0 spiro atoms. The van der Waals surface area contributed by atoms with E-state index >= 15 is 0 Å². The van der Waals surface area contributed by atoms with Gasteiger partial charge < -0.3 is 20.7 Å². The molecule has 0 aromatic heterocycles. The van der Waals surface area contributed by atoms with E-state index in [0.717, 1.165) is 38.1 Å². The molecule has 118 valence electrons. The molecule has 0 saturated carbocycles. The second-order valence-corrected chi connectivity index (χ2v) is 6.39. The highest BCUT2D eigenvalue weighted by molar-refractivity contribution is 6.40. The Bertz CT molecular complexity index is 234. The van der Waals surface area contributed by atoms with Gasteiger partial charge in [-0.25, -0.2) is 0 Å². The molecule has 0 bridgehead atoms. The molecule has 4 nitrogen and oxygen atoms in total. The highest BCUT2D eigenvalue weighted by Gasteiger charge is 2.18. The van der Waals surface area contributed by atoms with E-state index in [2.05, 4.69) is 11.8 Å². The van der Waals surface area contributed by atoms with E-state index in [0.29, 0.717) is 6.32 Å². The average Bonchev–Trinajstić information content (AvgIpc) is 2.43. The maximum Gasteiger partial charge on any atom is 0.451 e. The molecule has 0 radical (unpaired) electrons. The van der Waals surface area contributed by atoms with Crippen molar-refractivity contribution in [1.29, 1.82) is 0 Å². The Morgan fingerprint density at radius 3 is 2.50 bits per heavy atom. The second-order valence-electron chi connectivity index (χ2n) is 6.39. The summed E-state index contributed by atoms with van der Waals surface area (Å²) in [6.45, 7) is 5.89. The number of nitrogens with two attached hydrogens (primary N) is 1. The van der Waals surface area contributed by atoms with Gasteiger partial charge in [-0.2, -0.15) is 0 Å². The fraction of sp³-hybridized carbons (Fsp3) is 1.00. The van der Waals surface area contributed by atoms with Crippen molar-refractivity contribution in [3.05, 3.63) is 0 Å². The summed E-state index contributed by atoms with van der Waals surface area (Å²) in [6, 6.07) is 0.263. The highest BCUT2D eigenvalue weighted by Crippen LogP contribution is 2.21. The van der Waals surface area contributed by atoms with Crippen LogP contribution >= 0.6 is 0 Å². The van der Waals surface area contributed by atoms with Crippen LogP contribution in [0.5, 0.6) is 0 Å². The molecule has 1 saturated heterocycles. The fourth-order valence-electron chi connectivity index (χ4n) is 3.13. The maximum atomic E-state index is 8.77. The van der Waals surface area contributed by atoms with Gasteiger partial charge in [-0.05, 0) is 57.6 Å². The molecule has 0 amide bonds. The third kappa shape index (κ3) is 8.25. The number of hydrogen-bond donors (Lipinski definition) is 3. The first-order valence-electron chi connectivity index (χ1n) is 8.46. The first kappa shape index (κ1) is 18.0. The average molecular weight is 284 g/mol. The van der Waals surface area contributed by atoms with Crippen LogP contribution in [0.4, 0.5) is 0 Å². The Morgan fingerprint density at radius 2 is 1.90 bits per heavy atom. The summed E-state index contributed by atoms with van der Waals surface area (Å²) < 4.78 is 0. The summed E-state index contributed by atoms with van der Waals surface area (Å²) in [5, 5.41) is 17.5. The quantitative estimate of drug-likeness (QED) is 0.423. The molecular weight excluding hydrogens is 251 g/mol. The van der Waals surface area contributed by atoms with Crippen molar-refractivity contribution in [3.8, 4) is 0 Å². The van der Waals surface area contributed by atoms with Crippen molar-refractivity contribution >= 4 is 7.12 Å². The second kappa shape index (κ2) is 10.6. The standard InChI is InChI=1S/C15H33BN2O2/c1-2-5-14-7-11-18(12-8-14)13-9-15(17)6-3-4-10-16(19)20/h14-15,19-20H,2-13,17H2,1H3. The van der Waals surface area contributed by atoms with E-state index in [9.17, 15) is 0 Å². The van der Waals surface area contributed by atoms with Gasteiger partial charge >= 0.3 is 7.12 Å². The summed E-state index contributed by atoms with van der Waals surface area (Å²) >= 11 is 0. The summed E-state index contributed by atoms with van der Waals surface area (Å²) in [7, 11) is -1.16. The minimum Gasteiger partial charge on any atom is -0.427 e. The van der Waals surface area contributed by atoms with Crippen LogP contribution in [0.2, 0.25) is 6.32 Å². The Balaban J connectivity index is 2.00. The molecule has 0 aromatic rings. The number of nitrogens with zero attached hydrogens (tertiary/aromatic N) is 1. The third-order valence-electron chi connectivity index (χ3n) is 4.51. The van der Waals surface area contributed by atoms with Crippen molar-refractivity contribution in [3.63, 3.8) is 0 Å². The van der Waals surface area contributed by atoms with Crippen LogP contribution in [0, 0.1) is 5.92 Å². The van der Waals surface area contributed by atoms with Crippen LogP contribution in [0.25, 0.3) is 0 Å². The van der Waals surface area contributed by atoms with Crippen molar-refractivity contribution in [1.82, 2.24) is 4.90 Å². The fourth-order valence-corrected chi connectivity index (χ4v) is 3.13. The van der Waals surface area contributed by atoms with Crippen molar-refractivity contribution in [2.24, 2.45) is 11.7 Å². The molecule has 1 unspecified atom stereocenters. The lowest BCUT2D eigenvalue weighted by atomic mass is 9.83. The van der Waals surface area contributed by atoms with Gasteiger partial charge in [0, 0.05) is 6.04 Å². The zero-order chi connectivity index (χ0) is 14.8. The largest absolute Gasteiger partial charge is 0.451 e. The van der Waals surface area contributed by atoms with Crippen LogP contribution in [-0.2, 0) is 0 Å². The third-order valence-corrected chi connectivity index (χ3v) is 4.51. The molecule has 1 rings (SSSR count). The van der Waals surface area contributed by atoms with Crippen LogP contribution in [-0.4, -0.2) is 47.7 Å². The van der Waals surface area contributed by atoms with Crippen LogP contribution in [0.15, 0.2) is 0 Å². The maximum absolute atomic E-state index is 8.77. The Hall–Kier alpha value is -0.0951. The Labute approximate surface area is 124 Å². The minimum atomic E-state index is -1.16. The van der Waals surface area contributed by atoms with Crippen LogP contribution in [0.1, 0.15) is 58.3 Å². The Morgan fingerprint density at radius 1 is 1.20 bits per heavy atom. The first-order valence-corrected chi connectivity index (χ1v) is 8.46. The molecule has 5 heteroatoms. The molecular formula is C15H33BN2O2. The molecule has 1 heterocycles.